The minimum Gasteiger partial charge on any atom is -0.494 e. The molecule has 2 aromatic carbocycles. The Kier molecular flexibility index (Phi) is 6.24. The maximum Gasteiger partial charge on any atom is 0.241 e. The van der Waals surface area contributed by atoms with E-state index >= 15 is 0 Å². The highest BCUT2D eigenvalue weighted by molar-refractivity contribution is 7.92. The van der Waals surface area contributed by atoms with Gasteiger partial charge in [-0.15, -0.1) is 0 Å². The lowest BCUT2D eigenvalue weighted by Crippen LogP contribution is -2.42. The van der Waals surface area contributed by atoms with Gasteiger partial charge < -0.3 is 10.1 Å². The smallest absolute Gasteiger partial charge is 0.241 e. The Morgan fingerprint density at radius 1 is 1.18 bits per heavy atom. The van der Waals surface area contributed by atoms with Crippen LogP contribution in [0.25, 0.3) is 0 Å². The van der Waals surface area contributed by atoms with Crippen molar-refractivity contribution in [3.05, 3.63) is 59.7 Å². The lowest BCUT2D eigenvalue weighted by Gasteiger charge is -2.28. The van der Waals surface area contributed by atoms with E-state index in [2.05, 4.69) is 11.4 Å². The van der Waals surface area contributed by atoms with Gasteiger partial charge in [-0.1, -0.05) is 24.3 Å². The Balaban J connectivity index is 1.74. The van der Waals surface area contributed by atoms with Gasteiger partial charge in [0.25, 0.3) is 0 Å². The summed E-state index contributed by atoms with van der Waals surface area (Å²) in [4.78, 5) is 12.7. The van der Waals surface area contributed by atoms with Gasteiger partial charge in [0.2, 0.25) is 15.9 Å². The van der Waals surface area contributed by atoms with Crippen molar-refractivity contribution in [2.75, 3.05) is 23.7 Å². The third-order valence-corrected chi connectivity index (χ3v) is 5.97. The van der Waals surface area contributed by atoms with Crippen LogP contribution < -0.4 is 14.4 Å². The number of aryl methyl sites for hydroxylation is 1. The van der Waals surface area contributed by atoms with Gasteiger partial charge in [-0.3, -0.25) is 9.10 Å². The van der Waals surface area contributed by atoms with Crippen molar-refractivity contribution >= 4 is 21.6 Å². The Morgan fingerprint density at radius 2 is 1.89 bits per heavy atom. The normalized spacial score (nSPS) is 16.1. The number of ether oxygens (including phenoxy) is 1. The number of rotatable bonds is 7. The van der Waals surface area contributed by atoms with Crippen LogP contribution in [0.3, 0.4) is 0 Å². The second kappa shape index (κ2) is 8.65. The molecule has 3 rings (SSSR count). The number of benzene rings is 2. The van der Waals surface area contributed by atoms with Gasteiger partial charge in [-0.2, -0.15) is 0 Å². The van der Waals surface area contributed by atoms with E-state index in [1.165, 1.54) is 5.56 Å². The average molecular weight is 403 g/mol. The van der Waals surface area contributed by atoms with Crippen LogP contribution in [0.15, 0.2) is 48.5 Å². The first-order chi connectivity index (χ1) is 13.4. The Morgan fingerprint density at radius 3 is 2.57 bits per heavy atom. The fourth-order valence-electron chi connectivity index (χ4n) is 3.55. The third kappa shape index (κ3) is 4.84. The van der Waals surface area contributed by atoms with E-state index in [-0.39, 0.29) is 18.5 Å². The van der Waals surface area contributed by atoms with Gasteiger partial charge in [-0.05, 0) is 61.6 Å². The van der Waals surface area contributed by atoms with Crippen LogP contribution in [0.4, 0.5) is 5.69 Å². The first-order valence-corrected chi connectivity index (χ1v) is 11.3. The number of sulfonamides is 1. The molecule has 0 bridgehead atoms. The van der Waals surface area contributed by atoms with Crippen molar-refractivity contribution in [1.29, 1.82) is 0 Å². The second-order valence-corrected chi connectivity index (χ2v) is 8.81. The number of hydrogen-bond acceptors (Lipinski definition) is 4. The number of carbonyl (C=O) groups excluding carboxylic acids is 1. The van der Waals surface area contributed by atoms with Crippen molar-refractivity contribution < 1.29 is 17.9 Å². The maximum absolute atomic E-state index is 12.7. The molecule has 0 aliphatic heterocycles. The van der Waals surface area contributed by atoms with E-state index in [9.17, 15) is 13.2 Å². The molecule has 0 fully saturated rings. The predicted octanol–water partition coefficient (Wildman–Crippen LogP) is 3.05. The molecule has 0 aromatic heterocycles. The number of amides is 1. The van der Waals surface area contributed by atoms with Gasteiger partial charge in [0.15, 0.2) is 0 Å². The van der Waals surface area contributed by atoms with E-state index in [0.717, 1.165) is 35.4 Å². The highest BCUT2D eigenvalue weighted by atomic mass is 32.2. The summed E-state index contributed by atoms with van der Waals surface area (Å²) in [5.74, 6) is 0.337. The molecule has 0 spiro atoms. The fraction of sp³-hybridized carbons (Fsp3) is 0.381. The van der Waals surface area contributed by atoms with E-state index in [1.54, 1.807) is 24.3 Å². The molecule has 1 N–H and O–H groups in total. The molecule has 0 saturated heterocycles. The van der Waals surface area contributed by atoms with Crippen LogP contribution in [-0.2, 0) is 21.2 Å². The first kappa shape index (κ1) is 20.2. The van der Waals surface area contributed by atoms with Crippen LogP contribution in [0.5, 0.6) is 5.75 Å². The Hall–Kier alpha value is -2.54. The molecule has 1 aliphatic carbocycles. The molecule has 2 aromatic rings. The summed E-state index contributed by atoms with van der Waals surface area (Å²) in [7, 11) is -3.61. The summed E-state index contributed by atoms with van der Waals surface area (Å²) < 4.78 is 31.1. The Labute approximate surface area is 166 Å². The highest BCUT2D eigenvalue weighted by Crippen LogP contribution is 2.29. The van der Waals surface area contributed by atoms with Gasteiger partial charge in [0, 0.05) is 0 Å². The summed E-state index contributed by atoms with van der Waals surface area (Å²) in [6.45, 7) is 2.15. The van der Waals surface area contributed by atoms with Gasteiger partial charge >= 0.3 is 0 Å². The molecule has 0 saturated carbocycles. The number of nitrogens with zero attached hydrogens (tertiary/aromatic N) is 1. The quantitative estimate of drug-likeness (QED) is 0.772. The first-order valence-electron chi connectivity index (χ1n) is 9.46. The molecule has 7 heteroatoms. The number of nitrogens with one attached hydrogen (secondary N) is 1. The van der Waals surface area contributed by atoms with Gasteiger partial charge in [-0.25, -0.2) is 8.42 Å². The topological polar surface area (TPSA) is 75.7 Å². The third-order valence-electron chi connectivity index (χ3n) is 4.83. The van der Waals surface area contributed by atoms with Crippen LogP contribution in [0.1, 0.15) is 36.9 Å². The van der Waals surface area contributed by atoms with Crippen LogP contribution in [0.2, 0.25) is 0 Å². The standard InChI is InChI=1S/C21H26N2O4S/c1-3-27-18-13-11-17(12-14-18)23(28(2,25)26)15-21(24)22-20-10-6-8-16-7-4-5-9-19(16)20/h4-5,7,9,11-14,20H,3,6,8,10,15H2,1-2H3,(H,22,24)/t20-/m0/s1. The second-order valence-electron chi connectivity index (χ2n) is 6.91. The summed E-state index contributed by atoms with van der Waals surface area (Å²) in [5, 5.41) is 3.01. The van der Waals surface area contributed by atoms with E-state index in [0.29, 0.717) is 18.0 Å². The number of carbonyl (C=O) groups is 1. The van der Waals surface area contributed by atoms with Crippen molar-refractivity contribution in [3.63, 3.8) is 0 Å². The largest absolute Gasteiger partial charge is 0.494 e. The van der Waals surface area contributed by atoms with Crippen LogP contribution >= 0.6 is 0 Å². The van der Waals surface area contributed by atoms with Crippen LogP contribution in [0, 0.1) is 0 Å². The SMILES string of the molecule is CCOc1ccc(N(CC(=O)N[C@H]2CCCc3ccccc32)S(C)(=O)=O)cc1. The monoisotopic (exact) mass is 402 g/mol. The van der Waals surface area contributed by atoms with E-state index < -0.39 is 10.0 Å². The molecule has 28 heavy (non-hydrogen) atoms. The van der Waals surface area contributed by atoms with Gasteiger partial charge in [0.05, 0.1) is 24.6 Å². The average Bonchev–Trinajstić information content (AvgIpc) is 2.67. The molecule has 150 valence electrons. The molecule has 0 radical (unpaired) electrons. The highest BCUT2D eigenvalue weighted by Gasteiger charge is 2.25. The van der Waals surface area contributed by atoms with Crippen molar-refractivity contribution in [3.8, 4) is 5.75 Å². The lowest BCUT2D eigenvalue weighted by atomic mass is 9.88. The molecule has 0 heterocycles. The molecule has 1 aliphatic rings. The molecule has 1 amide bonds. The zero-order chi connectivity index (χ0) is 20.1. The molecule has 0 unspecified atom stereocenters. The minimum absolute atomic E-state index is 0.0841. The van der Waals surface area contributed by atoms with Crippen LogP contribution in [-0.4, -0.2) is 33.7 Å². The van der Waals surface area contributed by atoms with Crippen molar-refractivity contribution in [1.82, 2.24) is 5.32 Å². The zero-order valence-corrected chi connectivity index (χ0v) is 17.0. The van der Waals surface area contributed by atoms with Gasteiger partial charge in [0.1, 0.15) is 12.3 Å². The summed E-state index contributed by atoms with van der Waals surface area (Å²) in [6, 6.07) is 14.7. The molecule has 6 nitrogen and oxygen atoms in total. The molecular formula is C21H26N2O4S. The number of fused-ring (bicyclic) bond motifs is 1. The summed E-state index contributed by atoms with van der Waals surface area (Å²) in [6.07, 6.45) is 3.96. The predicted molar refractivity (Wildman–Crippen MR) is 110 cm³/mol. The van der Waals surface area contributed by atoms with E-state index in [4.69, 9.17) is 4.74 Å². The lowest BCUT2D eigenvalue weighted by molar-refractivity contribution is -0.120. The summed E-state index contributed by atoms with van der Waals surface area (Å²) in [5.41, 5.74) is 2.80. The van der Waals surface area contributed by atoms with Crippen molar-refractivity contribution in [2.24, 2.45) is 0 Å². The fourth-order valence-corrected chi connectivity index (χ4v) is 4.41. The Bertz CT molecular complexity index is 926. The number of hydrogen-bond donors (Lipinski definition) is 1. The molecular weight excluding hydrogens is 376 g/mol. The van der Waals surface area contributed by atoms with Crippen molar-refractivity contribution in [2.45, 2.75) is 32.2 Å². The number of anilines is 1. The molecule has 1 atom stereocenters. The summed E-state index contributed by atoms with van der Waals surface area (Å²) >= 11 is 0. The minimum atomic E-state index is -3.61. The maximum atomic E-state index is 12.7. The zero-order valence-electron chi connectivity index (χ0n) is 16.2. The van der Waals surface area contributed by atoms with E-state index in [1.807, 2.05) is 25.1 Å².